The average Bonchev–Trinajstić information content (AvgIpc) is 2.76. The molecule has 1 N–H and O–H groups in total. The van der Waals surface area contributed by atoms with E-state index in [1.54, 1.807) is 18.7 Å². The molecule has 0 aliphatic rings. The molecular formula is C12H14N2O2S. The highest BCUT2D eigenvalue weighted by atomic mass is 32.2. The summed E-state index contributed by atoms with van der Waals surface area (Å²) in [4.78, 5) is 0. The highest BCUT2D eigenvalue weighted by Crippen LogP contribution is 2.20. The number of benzene rings is 1. The van der Waals surface area contributed by atoms with Gasteiger partial charge in [-0.15, -0.1) is 22.0 Å². The normalized spacial score (nSPS) is 12.6. The third-order valence-electron chi connectivity index (χ3n) is 2.25. The molecule has 0 spiro atoms. The fourth-order valence-electron chi connectivity index (χ4n) is 1.43. The van der Waals surface area contributed by atoms with Crippen molar-refractivity contribution in [3.05, 3.63) is 47.7 Å². The second-order valence-corrected chi connectivity index (χ2v) is 4.69. The first-order valence-electron chi connectivity index (χ1n) is 5.35. The molecule has 0 unspecified atom stereocenters. The Bertz CT molecular complexity index is 459. The standard InChI is InChI=1S/C12H14N2O2S/c1-9-13-14-12(16-9)8-17-7-11(15)10-5-3-2-4-6-10/h2-6,11,15H,7-8H2,1H3/t11-/m0/s1. The van der Waals surface area contributed by atoms with Crippen LogP contribution in [-0.4, -0.2) is 21.1 Å². The number of hydrogen-bond donors (Lipinski definition) is 1. The second-order valence-electron chi connectivity index (χ2n) is 3.66. The van der Waals surface area contributed by atoms with Crippen molar-refractivity contribution in [2.24, 2.45) is 0 Å². The van der Waals surface area contributed by atoms with Gasteiger partial charge in [0.2, 0.25) is 11.8 Å². The van der Waals surface area contributed by atoms with Crippen molar-refractivity contribution in [3.8, 4) is 0 Å². The Morgan fingerprint density at radius 2 is 2.06 bits per heavy atom. The zero-order valence-corrected chi connectivity index (χ0v) is 10.4. The maximum atomic E-state index is 9.92. The van der Waals surface area contributed by atoms with E-state index < -0.39 is 6.10 Å². The van der Waals surface area contributed by atoms with Crippen LogP contribution in [0.4, 0.5) is 0 Å². The van der Waals surface area contributed by atoms with Crippen LogP contribution >= 0.6 is 11.8 Å². The van der Waals surface area contributed by atoms with Crippen LogP contribution in [0.15, 0.2) is 34.7 Å². The largest absolute Gasteiger partial charge is 0.425 e. The molecule has 5 heteroatoms. The van der Waals surface area contributed by atoms with E-state index in [4.69, 9.17) is 4.42 Å². The molecule has 1 aromatic carbocycles. The van der Waals surface area contributed by atoms with E-state index in [1.165, 1.54) is 0 Å². The van der Waals surface area contributed by atoms with Crippen LogP contribution in [0, 0.1) is 6.92 Å². The molecular weight excluding hydrogens is 236 g/mol. The molecule has 1 atom stereocenters. The zero-order valence-electron chi connectivity index (χ0n) is 9.54. The molecule has 2 aromatic rings. The van der Waals surface area contributed by atoms with Gasteiger partial charge >= 0.3 is 0 Å². The lowest BCUT2D eigenvalue weighted by Crippen LogP contribution is -2.00. The maximum absolute atomic E-state index is 9.92. The molecule has 4 nitrogen and oxygen atoms in total. The molecule has 0 bridgehead atoms. The Morgan fingerprint density at radius 3 is 2.71 bits per heavy atom. The lowest BCUT2D eigenvalue weighted by molar-refractivity contribution is 0.204. The van der Waals surface area contributed by atoms with Crippen molar-refractivity contribution >= 4 is 11.8 Å². The van der Waals surface area contributed by atoms with Gasteiger partial charge in [-0.3, -0.25) is 0 Å². The summed E-state index contributed by atoms with van der Waals surface area (Å²) in [6.07, 6.45) is -0.454. The topological polar surface area (TPSA) is 59.2 Å². The first-order chi connectivity index (χ1) is 8.25. The number of aliphatic hydroxyl groups is 1. The molecule has 0 aliphatic heterocycles. The van der Waals surface area contributed by atoms with E-state index in [2.05, 4.69) is 10.2 Å². The van der Waals surface area contributed by atoms with Crippen LogP contribution in [-0.2, 0) is 5.75 Å². The fourth-order valence-corrected chi connectivity index (χ4v) is 2.25. The van der Waals surface area contributed by atoms with Gasteiger partial charge in [-0.05, 0) is 5.56 Å². The van der Waals surface area contributed by atoms with Gasteiger partial charge in [0.05, 0.1) is 11.9 Å². The summed E-state index contributed by atoms with van der Waals surface area (Å²) in [6, 6.07) is 9.61. The summed E-state index contributed by atoms with van der Waals surface area (Å²) in [6.45, 7) is 1.76. The van der Waals surface area contributed by atoms with Gasteiger partial charge in [-0.1, -0.05) is 30.3 Å². The lowest BCUT2D eigenvalue weighted by Gasteiger charge is -2.09. The van der Waals surface area contributed by atoms with Crippen LogP contribution in [0.5, 0.6) is 0 Å². The summed E-state index contributed by atoms with van der Waals surface area (Å²) in [7, 11) is 0. The summed E-state index contributed by atoms with van der Waals surface area (Å²) in [5.74, 6) is 2.42. The van der Waals surface area contributed by atoms with Crippen LogP contribution in [0.2, 0.25) is 0 Å². The first-order valence-corrected chi connectivity index (χ1v) is 6.51. The minimum Gasteiger partial charge on any atom is -0.425 e. The van der Waals surface area contributed by atoms with E-state index in [1.807, 2.05) is 30.3 Å². The monoisotopic (exact) mass is 250 g/mol. The third kappa shape index (κ3) is 3.57. The lowest BCUT2D eigenvalue weighted by atomic mass is 10.1. The minimum atomic E-state index is -0.454. The van der Waals surface area contributed by atoms with E-state index in [-0.39, 0.29) is 0 Å². The van der Waals surface area contributed by atoms with E-state index in [9.17, 15) is 5.11 Å². The summed E-state index contributed by atoms with van der Waals surface area (Å²) < 4.78 is 5.25. The Kier molecular flexibility index (Phi) is 4.17. The van der Waals surface area contributed by atoms with Gasteiger partial charge in [-0.25, -0.2) is 0 Å². The quantitative estimate of drug-likeness (QED) is 0.882. The van der Waals surface area contributed by atoms with Crippen molar-refractivity contribution in [1.82, 2.24) is 10.2 Å². The Labute approximate surface area is 104 Å². The van der Waals surface area contributed by atoms with E-state index in [0.29, 0.717) is 23.3 Å². The van der Waals surface area contributed by atoms with E-state index >= 15 is 0 Å². The summed E-state index contributed by atoms with van der Waals surface area (Å²) in [5, 5.41) is 17.6. The second kappa shape index (κ2) is 5.84. The van der Waals surface area contributed by atoms with Gasteiger partial charge < -0.3 is 9.52 Å². The van der Waals surface area contributed by atoms with Crippen LogP contribution in [0.3, 0.4) is 0 Å². The van der Waals surface area contributed by atoms with Gasteiger partial charge in [0, 0.05) is 12.7 Å². The van der Waals surface area contributed by atoms with E-state index in [0.717, 1.165) is 5.56 Å². The Balaban J connectivity index is 1.79. The maximum Gasteiger partial charge on any atom is 0.226 e. The zero-order chi connectivity index (χ0) is 12.1. The number of hydrogen-bond acceptors (Lipinski definition) is 5. The highest BCUT2D eigenvalue weighted by molar-refractivity contribution is 7.98. The molecule has 17 heavy (non-hydrogen) atoms. The SMILES string of the molecule is Cc1nnc(CSC[C@H](O)c2ccccc2)o1. The first kappa shape index (κ1) is 12.1. The molecule has 0 amide bonds. The summed E-state index contributed by atoms with van der Waals surface area (Å²) in [5.41, 5.74) is 0.932. The van der Waals surface area contributed by atoms with Crippen molar-refractivity contribution in [1.29, 1.82) is 0 Å². The van der Waals surface area contributed by atoms with Crippen molar-refractivity contribution in [3.63, 3.8) is 0 Å². The fraction of sp³-hybridized carbons (Fsp3) is 0.333. The molecule has 0 fully saturated rings. The predicted octanol–water partition coefficient (Wildman–Crippen LogP) is 2.34. The Hall–Kier alpha value is -1.33. The van der Waals surface area contributed by atoms with Gasteiger partial charge in [0.1, 0.15) is 0 Å². The number of aryl methyl sites for hydroxylation is 1. The number of thioether (sulfide) groups is 1. The van der Waals surface area contributed by atoms with Crippen molar-refractivity contribution in [2.75, 3.05) is 5.75 Å². The van der Waals surface area contributed by atoms with Gasteiger partial charge in [-0.2, -0.15) is 0 Å². The van der Waals surface area contributed by atoms with Crippen LogP contribution in [0.25, 0.3) is 0 Å². The smallest absolute Gasteiger partial charge is 0.226 e. The van der Waals surface area contributed by atoms with Crippen molar-refractivity contribution in [2.45, 2.75) is 18.8 Å². The van der Waals surface area contributed by atoms with Crippen LogP contribution < -0.4 is 0 Å². The number of aromatic nitrogens is 2. The molecule has 1 aromatic heterocycles. The predicted molar refractivity (Wildman–Crippen MR) is 66.6 cm³/mol. The minimum absolute atomic E-state index is 0.454. The molecule has 2 rings (SSSR count). The van der Waals surface area contributed by atoms with Crippen molar-refractivity contribution < 1.29 is 9.52 Å². The van der Waals surface area contributed by atoms with Crippen LogP contribution in [0.1, 0.15) is 23.4 Å². The molecule has 90 valence electrons. The van der Waals surface area contributed by atoms with Gasteiger partial charge in [0.25, 0.3) is 0 Å². The average molecular weight is 250 g/mol. The number of aliphatic hydroxyl groups excluding tert-OH is 1. The molecule has 0 saturated carbocycles. The summed E-state index contributed by atoms with van der Waals surface area (Å²) >= 11 is 1.58. The molecule has 1 heterocycles. The Morgan fingerprint density at radius 1 is 1.29 bits per heavy atom. The third-order valence-corrected chi connectivity index (χ3v) is 3.26. The molecule has 0 saturated heterocycles. The molecule has 0 aliphatic carbocycles. The highest BCUT2D eigenvalue weighted by Gasteiger charge is 2.08. The molecule has 0 radical (unpaired) electrons. The van der Waals surface area contributed by atoms with Gasteiger partial charge in [0.15, 0.2) is 0 Å². The number of nitrogens with zero attached hydrogens (tertiary/aromatic N) is 2. The number of rotatable bonds is 5.